The van der Waals surface area contributed by atoms with Crippen molar-refractivity contribution < 1.29 is 0 Å². The zero-order chi connectivity index (χ0) is 15.7. The maximum atomic E-state index is 4.59. The second-order valence-electron chi connectivity index (χ2n) is 7.11. The molecule has 1 fully saturated rings. The van der Waals surface area contributed by atoms with E-state index < -0.39 is 0 Å². The van der Waals surface area contributed by atoms with Crippen molar-refractivity contribution >= 4 is 0 Å². The summed E-state index contributed by atoms with van der Waals surface area (Å²) in [6.07, 6.45) is 3.37. The molecule has 0 aromatic carbocycles. The number of nitrogens with zero attached hydrogens (tertiary/aromatic N) is 3. The van der Waals surface area contributed by atoms with Crippen LogP contribution in [-0.4, -0.2) is 38.8 Å². The Bertz CT molecular complexity index is 471. The zero-order valence-electron chi connectivity index (χ0n) is 14.7. The highest BCUT2D eigenvalue weighted by atomic mass is 15.3. The Morgan fingerprint density at radius 3 is 2.43 bits per heavy atom. The molecule has 120 valence electrons. The van der Waals surface area contributed by atoms with Gasteiger partial charge in [-0.1, -0.05) is 20.8 Å². The van der Waals surface area contributed by atoms with Crippen LogP contribution in [0.2, 0.25) is 0 Å². The molecular formula is C17H32N4. The van der Waals surface area contributed by atoms with Gasteiger partial charge in [-0.3, -0.25) is 9.58 Å². The molecule has 1 aliphatic heterocycles. The van der Waals surface area contributed by atoms with Crippen LogP contribution < -0.4 is 5.32 Å². The van der Waals surface area contributed by atoms with Crippen LogP contribution in [0.5, 0.6) is 0 Å². The molecule has 1 aromatic rings. The number of hydrogen-bond donors (Lipinski definition) is 1. The number of piperazine rings is 1. The summed E-state index contributed by atoms with van der Waals surface area (Å²) in [5.74, 6) is 0. The third-order valence-electron chi connectivity index (χ3n) is 5.34. The monoisotopic (exact) mass is 292 g/mol. The third-order valence-corrected chi connectivity index (χ3v) is 5.34. The summed E-state index contributed by atoms with van der Waals surface area (Å²) in [6.45, 7) is 14.6. The zero-order valence-corrected chi connectivity index (χ0v) is 14.7. The number of nitrogens with one attached hydrogen (secondary N) is 1. The van der Waals surface area contributed by atoms with E-state index in [0.29, 0.717) is 0 Å². The van der Waals surface area contributed by atoms with Gasteiger partial charge in [0.1, 0.15) is 0 Å². The van der Waals surface area contributed by atoms with Crippen molar-refractivity contribution in [2.24, 2.45) is 7.05 Å². The predicted molar refractivity (Wildman–Crippen MR) is 88.4 cm³/mol. The van der Waals surface area contributed by atoms with Crippen LogP contribution in [-0.2, 0) is 20.0 Å². The smallest absolute Gasteiger partial charge is 0.0625 e. The first-order valence-electron chi connectivity index (χ1n) is 8.37. The molecule has 0 amide bonds. The molecule has 0 unspecified atom stereocenters. The quantitative estimate of drug-likeness (QED) is 0.906. The lowest BCUT2D eigenvalue weighted by atomic mass is 9.85. The largest absolute Gasteiger partial charge is 0.308 e. The Labute approximate surface area is 129 Å². The number of rotatable bonds is 5. The molecule has 0 saturated carbocycles. The van der Waals surface area contributed by atoms with Gasteiger partial charge in [-0.15, -0.1) is 0 Å². The Morgan fingerprint density at radius 2 is 1.90 bits per heavy atom. The Kier molecular flexibility index (Phi) is 4.79. The van der Waals surface area contributed by atoms with Crippen molar-refractivity contribution in [3.63, 3.8) is 0 Å². The Morgan fingerprint density at radius 1 is 1.24 bits per heavy atom. The fourth-order valence-electron chi connectivity index (χ4n) is 3.23. The lowest BCUT2D eigenvalue weighted by Crippen LogP contribution is -2.67. The van der Waals surface area contributed by atoms with Gasteiger partial charge in [-0.2, -0.15) is 5.10 Å². The summed E-state index contributed by atoms with van der Waals surface area (Å²) in [7, 11) is 2.07. The molecule has 21 heavy (non-hydrogen) atoms. The minimum atomic E-state index is 0.185. The normalized spacial score (nSPS) is 21.6. The molecule has 0 bridgehead atoms. The first kappa shape index (κ1) is 16.5. The van der Waals surface area contributed by atoms with Gasteiger partial charge in [-0.25, -0.2) is 0 Å². The molecule has 4 heteroatoms. The van der Waals surface area contributed by atoms with Crippen LogP contribution in [0, 0.1) is 0 Å². The minimum Gasteiger partial charge on any atom is -0.308 e. The average Bonchev–Trinajstić information content (AvgIpc) is 2.82. The van der Waals surface area contributed by atoms with E-state index in [1.165, 1.54) is 24.2 Å². The standard InChI is InChI=1S/C17H32N4/c1-7-14-10-15(20(6)19-14)11-21-13-17(8-2,9-3)18-12-16(21,4)5/h10,18H,7-9,11-13H2,1-6H3. The second kappa shape index (κ2) is 6.09. The van der Waals surface area contributed by atoms with E-state index in [4.69, 9.17) is 0 Å². The molecule has 0 aliphatic carbocycles. The van der Waals surface area contributed by atoms with Gasteiger partial charge in [0, 0.05) is 37.8 Å². The molecule has 0 radical (unpaired) electrons. The lowest BCUT2D eigenvalue weighted by molar-refractivity contribution is 0.0145. The highest BCUT2D eigenvalue weighted by molar-refractivity contribution is 5.12. The van der Waals surface area contributed by atoms with Crippen molar-refractivity contribution in [2.75, 3.05) is 13.1 Å². The summed E-state index contributed by atoms with van der Waals surface area (Å²) in [5, 5.41) is 8.40. The van der Waals surface area contributed by atoms with E-state index in [1.54, 1.807) is 0 Å². The first-order chi connectivity index (χ1) is 9.85. The lowest BCUT2D eigenvalue weighted by Gasteiger charge is -2.52. The first-order valence-corrected chi connectivity index (χ1v) is 8.37. The molecule has 2 rings (SSSR count). The average molecular weight is 292 g/mol. The molecular weight excluding hydrogens is 260 g/mol. The van der Waals surface area contributed by atoms with Crippen LogP contribution in [0.3, 0.4) is 0 Å². The van der Waals surface area contributed by atoms with Crippen molar-refractivity contribution in [3.05, 3.63) is 17.5 Å². The molecule has 1 N–H and O–H groups in total. The summed E-state index contributed by atoms with van der Waals surface area (Å²) in [6, 6.07) is 2.26. The molecule has 0 atom stereocenters. The summed E-state index contributed by atoms with van der Waals surface area (Å²) < 4.78 is 2.05. The Hall–Kier alpha value is -0.870. The number of hydrogen-bond acceptors (Lipinski definition) is 3. The van der Waals surface area contributed by atoms with Crippen LogP contribution in [0.25, 0.3) is 0 Å². The van der Waals surface area contributed by atoms with Gasteiger partial charge in [-0.05, 0) is 39.2 Å². The van der Waals surface area contributed by atoms with Crippen LogP contribution in [0.4, 0.5) is 0 Å². The van der Waals surface area contributed by atoms with Gasteiger partial charge < -0.3 is 5.32 Å². The fraction of sp³-hybridized carbons (Fsp3) is 0.824. The van der Waals surface area contributed by atoms with Crippen molar-refractivity contribution in [2.45, 2.75) is 71.5 Å². The van der Waals surface area contributed by atoms with Crippen molar-refractivity contribution in [1.82, 2.24) is 20.0 Å². The second-order valence-corrected chi connectivity index (χ2v) is 7.11. The molecule has 1 aliphatic rings. The van der Waals surface area contributed by atoms with E-state index in [9.17, 15) is 0 Å². The van der Waals surface area contributed by atoms with E-state index in [2.05, 4.69) is 67.7 Å². The molecule has 1 aromatic heterocycles. The van der Waals surface area contributed by atoms with Gasteiger partial charge >= 0.3 is 0 Å². The topological polar surface area (TPSA) is 33.1 Å². The van der Waals surface area contributed by atoms with Crippen LogP contribution >= 0.6 is 0 Å². The van der Waals surface area contributed by atoms with Crippen LogP contribution in [0.1, 0.15) is 58.8 Å². The maximum absolute atomic E-state index is 4.59. The van der Waals surface area contributed by atoms with Gasteiger partial charge in [0.2, 0.25) is 0 Å². The molecule has 2 heterocycles. The highest BCUT2D eigenvalue weighted by Gasteiger charge is 2.40. The van der Waals surface area contributed by atoms with E-state index in [1.807, 2.05) is 0 Å². The summed E-state index contributed by atoms with van der Waals surface area (Å²) in [5.41, 5.74) is 2.97. The Balaban J connectivity index is 2.20. The summed E-state index contributed by atoms with van der Waals surface area (Å²) >= 11 is 0. The van der Waals surface area contributed by atoms with E-state index in [0.717, 1.165) is 26.1 Å². The fourth-order valence-corrected chi connectivity index (χ4v) is 3.23. The summed E-state index contributed by atoms with van der Waals surface area (Å²) in [4.78, 5) is 2.63. The van der Waals surface area contributed by atoms with E-state index >= 15 is 0 Å². The van der Waals surface area contributed by atoms with E-state index in [-0.39, 0.29) is 11.1 Å². The van der Waals surface area contributed by atoms with Gasteiger partial charge in [0.25, 0.3) is 0 Å². The van der Waals surface area contributed by atoms with Gasteiger partial charge in [0.15, 0.2) is 0 Å². The maximum Gasteiger partial charge on any atom is 0.0625 e. The molecule has 1 saturated heterocycles. The predicted octanol–water partition coefficient (Wildman–Crippen LogP) is 2.73. The number of aryl methyl sites for hydroxylation is 2. The van der Waals surface area contributed by atoms with Crippen LogP contribution in [0.15, 0.2) is 6.07 Å². The molecule has 0 spiro atoms. The highest BCUT2D eigenvalue weighted by Crippen LogP contribution is 2.29. The van der Waals surface area contributed by atoms with Crippen molar-refractivity contribution in [3.8, 4) is 0 Å². The third kappa shape index (κ3) is 3.32. The number of aromatic nitrogens is 2. The SMILES string of the molecule is CCc1cc(CN2CC(CC)(CC)NCC2(C)C)n(C)n1. The van der Waals surface area contributed by atoms with Gasteiger partial charge in [0.05, 0.1) is 11.4 Å². The van der Waals surface area contributed by atoms with Crippen molar-refractivity contribution in [1.29, 1.82) is 0 Å². The minimum absolute atomic E-state index is 0.185. The molecule has 4 nitrogen and oxygen atoms in total.